The van der Waals surface area contributed by atoms with Gasteiger partial charge in [-0.3, -0.25) is 0 Å². The van der Waals surface area contributed by atoms with Crippen LogP contribution in [0.4, 0.5) is 0 Å². The van der Waals surface area contributed by atoms with Crippen molar-refractivity contribution in [3.05, 3.63) is 76.7 Å². The summed E-state index contributed by atoms with van der Waals surface area (Å²) in [6, 6.07) is 14.6. The summed E-state index contributed by atoms with van der Waals surface area (Å²) in [5.74, 6) is 0.0880. The molecule has 0 spiro atoms. The van der Waals surface area contributed by atoms with Gasteiger partial charge in [-0.15, -0.1) is 0 Å². The lowest BCUT2D eigenvalue weighted by Gasteiger charge is -2.10. The van der Waals surface area contributed by atoms with E-state index in [1.54, 1.807) is 19.1 Å². The van der Waals surface area contributed by atoms with Gasteiger partial charge >= 0.3 is 5.97 Å². The van der Waals surface area contributed by atoms with Gasteiger partial charge in [-0.25, -0.2) is 4.79 Å². The highest BCUT2D eigenvalue weighted by molar-refractivity contribution is 6.31. The number of ether oxygens (including phenoxy) is 2. The maximum Gasteiger partial charge on any atom is 0.341 e. The number of nitrogens with zero attached hydrogens (tertiary/aromatic N) is 1. The van der Waals surface area contributed by atoms with Crippen LogP contribution in [-0.4, -0.2) is 25.9 Å². The number of esters is 1. The second-order valence-corrected chi connectivity index (χ2v) is 6.60. The van der Waals surface area contributed by atoms with Crippen LogP contribution in [0.1, 0.15) is 23.8 Å². The molecule has 3 aromatic rings. The molecule has 7 heteroatoms. The van der Waals surface area contributed by atoms with Crippen LogP contribution in [0.2, 0.25) is 5.02 Å². The maximum absolute atomic E-state index is 12.1. The lowest BCUT2D eigenvalue weighted by Crippen LogP contribution is -2.07. The lowest BCUT2D eigenvalue weighted by molar-refractivity contribution is -0.133. The molecule has 1 aromatic heterocycles. The molecule has 0 atom stereocenters. The Morgan fingerprint density at radius 1 is 1.17 bits per heavy atom. The van der Waals surface area contributed by atoms with Gasteiger partial charge in [0, 0.05) is 16.0 Å². The minimum Gasteiger partial charge on any atom is -0.503 e. The topological polar surface area (TPSA) is 70.3 Å². The first-order valence-electron chi connectivity index (χ1n) is 8.79. The normalized spacial score (nSPS) is 12.1. The Bertz CT molecular complexity index is 1080. The monoisotopic (exact) mass is 413 g/mol. The van der Waals surface area contributed by atoms with E-state index in [4.69, 9.17) is 30.3 Å². The highest BCUT2D eigenvalue weighted by atomic mass is 35.5. The summed E-state index contributed by atoms with van der Waals surface area (Å²) in [6.07, 6.45) is 1.35. The van der Waals surface area contributed by atoms with Crippen molar-refractivity contribution in [2.75, 3.05) is 14.2 Å². The van der Waals surface area contributed by atoms with E-state index in [1.165, 1.54) is 20.5 Å². The Morgan fingerprint density at radius 3 is 2.72 bits per heavy atom. The van der Waals surface area contributed by atoms with Gasteiger partial charge in [0.2, 0.25) is 0 Å². The Kier molecular flexibility index (Phi) is 6.57. The number of carbonyl (C=O) groups excluding carboxylic acids is 1. The molecule has 0 aliphatic heterocycles. The van der Waals surface area contributed by atoms with Crippen LogP contribution < -0.4 is 0 Å². The van der Waals surface area contributed by atoms with E-state index in [-0.39, 0.29) is 6.61 Å². The Hall–Kier alpha value is -3.25. The summed E-state index contributed by atoms with van der Waals surface area (Å²) in [6.45, 7) is 1.94. The molecule has 0 amide bonds. The van der Waals surface area contributed by atoms with Crippen LogP contribution >= 0.6 is 11.6 Å². The molecule has 150 valence electrons. The smallest absolute Gasteiger partial charge is 0.341 e. The van der Waals surface area contributed by atoms with Crippen molar-refractivity contribution in [1.82, 2.24) is 0 Å². The van der Waals surface area contributed by atoms with Gasteiger partial charge in [0.15, 0.2) is 5.76 Å². The number of hydrogen-bond acceptors (Lipinski definition) is 6. The first-order valence-corrected chi connectivity index (χ1v) is 9.17. The molecule has 0 saturated carbocycles. The number of benzene rings is 2. The minimum absolute atomic E-state index is 0.150. The molecule has 0 unspecified atom stereocenters. The number of hydrogen-bond donors (Lipinski definition) is 0. The molecule has 1 heterocycles. The van der Waals surface area contributed by atoms with Gasteiger partial charge in [-0.05, 0) is 36.8 Å². The molecule has 3 rings (SSSR count). The Labute approximate surface area is 173 Å². The highest BCUT2D eigenvalue weighted by Crippen LogP contribution is 2.24. The number of methoxy groups -OCH3 is 2. The summed E-state index contributed by atoms with van der Waals surface area (Å²) in [5, 5.41) is 5.67. The van der Waals surface area contributed by atoms with Crippen molar-refractivity contribution in [2.24, 2.45) is 5.16 Å². The van der Waals surface area contributed by atoms with Gasteiger partial charge in [0.1, 0.15) is 23.5 Å². The van der Waals surface area contributed by atoms with E-state index in [1.807, 2.05) is 36.4 Å². The molecular formula is C22H20ClNO5. The summed E-state index contributed by atoms with van der Waals surface area (Å²) >= 11 is 6.01. The van der Waals surface area contributed by atoms with Crippen LogP contribution in [0.25, 0.3) is 16.5 Å². The lowest BCUT2D eigenvalue weighted by atomic mass is 10.0. The largest absolute Gasteiger partial charge is 0.503 e. The van der Waals surface area contributed by atoms with Crippen molar-refractivity contribution in [3.8, 4) is 0 Å². The predicted molar refractivity (Wildman–Crippen MR) is 112 cm³/mol. The first-order chi connectivity index (χ1) is 14.0. The van der Waals surface area contributed by atoms with E-state index in [0.29, 0.717) is 27.6 Å². The van der Waals surface area contributed by atoms with E-state index in [0.717, 1.165) is 16.5 Å². The SMILES string of the molecule is CO/C=C(/C(=O)OC)c1ccccc1CO/N=C(\C)c1cc2cc(Cl)ccc2o1. The average molecular weight is 414 g/mol. The fraction of sp³-hybridized carbons (Fsp3) is 0.182. The molecule has 2 aromatic carbocycles. The highest BCUT2D eigenvalue weighted by Gasteiger charge is 2.17. The number of halogens is 1. The first kappa shape index (κ1) is 20.5. The number of fused-ring (bicyclic) bond motifs is 1. The third-order valence-corrected chi connectivity index (χ3v) is 4.44. The molecule has 0 saturated heterocycles. The molecule has 0 fully saturated rings. The number of carbonyl (C=O) groups is 1. The van der Waals surface area contributed by atoms with Gasteiger partial charge < -0.3 is 18.7 Å². The average Bonchev–Trinajstić information content (AvgIpc) is 3.15. The van der Waals surface area contributed by atoms with Crippen LogP contribution in [-0.2, 0) is 25.7 Å². The third kappa shape index (κ3) is 4.78. The summed E-state index contributed by atoms with van der Waals surface area (Å²) in [7, 11) is 2.79. The fourth-order valence-electron chi connectivity index (χ4n) is 2.79. The van der Waals surface area contributed by atoms with Crippen molar-refractivity contribution in [1.29, 1.82) is 0 Å². The number of oxime groups is 1. The molecule has 0 radical (unpaired) electrons. The van der Waals surface area contributed by atoms with Crippen LogP contribution in [0.3, 0.4) is 0 Å². The fourth-order valence-corrected chi connectivity index (χ4v) is 2.97. The molecule has 0 aliphatic carbocycles. The number of rotatable bonds is 7. The van der Waals surface area contributed by atoms with Crippen LogP contribution in [0, 0.1) is 0 Å². The summed E-state index contributed by atoms with van der Waals surface area (Å²) in [4.78, 5) is 17.6. The van der Waals surface area contributed by atoms with E-state index in [2.05, 4.69) is 5.16 Å². The number of furan rings is 1. The third-order valence-electron chi connectivity index (χ3n) is 4.21. The zero-order chi connectivity index (χ0) is 20.8. The van der Waals surface area contributed by atoms with Crippen molar-refractivity contribution >= 4 is 39.8 Å². The van der Waals surface area contributed by atoms with E-state index in [9.17, 15) is 4.79 Å². The van der Waals surface area contributed by atoms with Gasteiger partial charge in [0.05, 0.1) is 20.5 Å². The second-order valence-electron chi connectivity index (χ2n) is 6.16. The predicted octanol–water partition coefficient (Wildman–Crippen LogP) is 5.19. The van der Waals surface area contributed by atoms with E-state index >= 15 is 0 Å². The maximum atomic E-state index is 12.1. The van der Waals surface area contributed by atoms with Crippen LogP contribution in [0.5, 0.6) is 0 Å². The quantitative estimate of drug-likeness (QED) is 0.175. The van der Waals surface area contributed by atoms with Gasteiger partial charge in [-0.1, -0.05) is 41.0 Å². The van der Waals surface area contributed by atoms with Gasteiger partial charge in [0.25, 0.3) is 0 Å². The molecule has 0 N–H and O–H groups in total. The molecule has 0 aliphatic rings. The Morgan fingerprint density at radius 2 is 1.97 bits per heavy atom. The molecule has 0 bridgehead atoms. The zero-order valence-electron chi connectivity index (χ0n) is 16.3. The Balaban J connectivity index is 1.79. The second kappa shape index (κ2) is 9.30. The molecule has 6 nitrogen and oxygen atoms in total. The van der Waals surface area contributed by atoms with Crippen molar-refractivity contribution in [3.63, 3.8) is 0 Å². The van der Waals surface area contributed by atoms with Gasteiger partial charge in [-0.2, -0.15) is 0 Å². The summed E-state index contributed by atoms with van der Waals surface area (Å²) in [5.41, 5.74) is 3.00. The van der Waals surface area contributed by atoms with Crippen molar-refractivity contribution in [2.45, 2.75) is 13.5 Å². The standard InChI is InChI=1S/C22H20ClNO5/c1-14(21-11-16-10-17(23)8-9-20(16)29-21)24-28-12-15-6-4-5-7-18(15)19(13-26-2)22(25)27-3/h4-11,13H,12H2,1-3H3/b19-13+,24-14+. The summed E-state index contributed by atoms with van der Waals surface area (Å²) < 4.78 is 15.6. The zero-order valence-corrected chi connectivity index (χ0v) is 17.0. The molecule has 29 heavy (non-hydrogen) atoms. The molecular weight excluding hydrogens is 394 g/mol. The van der Waals surface area contributed by atoms with Crippen molar-refractivity contribution < 1.29 is 23.5 Å². The van der Waals surface area contributed by atoms with Crippen LogP contribution in [0.15, 0.2) is 64.4 Å². The van der Waals surface area contributed by atoms with E-state index < -0.39 is 5.97 Å². The minimum atomic E-state index is -0.500.